The van der Waals surface area contributed by atoms with Gasteiger partial charge in [0.05, 0.1) is 44.7 Å². The summed E-state index contributed by atoms with van der Waals surface area (Å²) in [6.07, 6.45) is 17.2. The van der Waals surface area contributed by atoms with Gasteiger partial charge in [-0.15, -0.1) is 0 Å². The Morgan fingerprint density at radius 1 is 0.768 bits per heavy atom. The van der Waals surface area contributed by atoms with Gasteiger partial charge in [0.1, 0.15) is 45.0 Å². The van der Waals surface area contributed by atoms with Gasteiger partial charge in [0.15, 0.2) is 11.3 Å². The Hall–Kier alpha value is -2.87. The maximum absolute atomic E-state index is 13.0. The molecule has 2 fully saturated rings. The largest absolute Gasteiger partial charge is 0.472 e. The van der Waals surface area contributed by atoms with E-state index in [0.717, 1.165) is 25.7 Å². The second kappa shape index (κ2) is 27.3. The third-order valence-electron chi connectivity index (χ3n) is 12.1. The van der Waals surface area contributed by atoms with Gasteiger partial charge in [0, 0.05) is 25.8 Å². The molecule has 6 heterocycles. The molecule has 386 valence electrons. The molecule has 2 aliphatic heterocycles. The van der Waals surface area contributed by atoms with E-state index in [2.05, 4.69) is 42.1 Å². The molecule has 4 aromatic heterocycles. The minimum atomic E-state index is -4.58. The quantitative estimate of drug-likeness (QED) is 0.0130. The Morgan fingerprint density at radius 3 is 1.87 bits per heavy atom. The predicted molar refractivity (Wildman–Crippen MR) is 268 cm³/mol. The molecular weight excluding hydrogens is 993 g/mol. The number of nitrogens with zero attached hydrogens (tertiary/aromatic N) is 6. The number of nitrogen functional groups attached to an aromatic ring is 2. The first kappa shape index (κ1) is 55.4. The summed E-state index contributed by atoms with van der Waals surface area (Å²) in [4.78, 5) is 56.9. The summed E-state index contributed by atoms with van der Waals surface area (Å²) in [5, 5.41) is 13.9. The van der Waals surface area contributed by atoms with E-state index < -0.39 is 58.0 Å². The number of H-pyrrole nitrogens is 2. The van der Waals surface area contributed by atoms with Crippen molar-refractivity contribution < 1.29 is 51.8 Å². The summed E-state index contributed by atoms with van der Waals surface area (Å²) >= 11 is 16.1. The van der Waals surface area contributed by atoms with Crippen molar-refractivity contribution in [3.63, 3.8) is 0 Å². The van der Waals surface area contributed by atoms with Crippen molar-refractivity contribution >= 4 is 90.9 Å². The average Bonchev–Trinajstić information content (AvgIpc) is 4.10. The van der Waals surface area contributed by atoms with E-state index in [-0.39, 0.29) is 48.5 Å². The molecule has 2 saturated heterocycles. The number of rotatable bonds is 32. The number of unbranched alkanes of at least 4 members (excludes halogenated alkanes) is 15. The maximum Gasteiger partial charge on any atom is 0.472 e. The van der Waals surface area contributed by atoms with Crippen LogP contribution in [0.1, 0.15) is 148 Å². The van der Waals surface area contributed by atoms with E-state index in [9.17, 15) is 24.3 Å². The SMILES string of the molecule is CCCCCCCCCCCCCCCC(=O)NCCCCCCOP(=O)(O)OC[C@H]1O[C@@H](n2cnc3c(=S)[nH]c(N)nc32)CC1OP(O)(=S)OC[C@H]1O[C@@H](n2cnc3c(=S)[nH]c(N)nc32)CC1O. The number of nitrogens with one attached hydrogen (secondary N) is 3. The number of nitrogens with two attached hydrogens (primary N) is 2. The number of hydrogen-bond donors (Lipinski definition) is 8. The number of imidazole rings is 2. The maximum atomic E-state index is 13.0. The standard InChI is InChI=1S/C42H69N11O11P2S3/c1-2-3-4-5-6-7-8-9-10-11-12-13-16-19-32(55)45-20-17-14-15-18-21-59-65(56,57)60-25-31-29(23-34(63-31)53-27-47-36-38(53)49-42(44)51-40(36)68)64-66(58,69)61-24-30-28(54)22-33(62-30)52-26-46-35-37(52)48-41(43)50-39(35)67/h26-31,33-34,54H,2-25H2,1H3,(H,45,55)(H,56,57)(H,58,69)(H3,43,48,50,67)(H3,44,49,51,68)/t28?,29?,30-,31-,33-,34-,66?/m1/s1. The Labute approximate surface area is 417 Å². The number of ether oxygens (including phenoxy) is 2. The number of fused-ring (bicyclic) bond motifs is 2. The predicted octanol–water partition coefficient (Wildman–Crippen LogP) is 8.00. The molecule has 4 unspecified atom stereocenters. The van der Waals surface area contributed by atoms with Crippen LogP contribution in [0, 0.1) is 9.28 Å². The van der Waals surface area contributed by atoms with Gasteiger partial charge in [0.25, 0.3) is 0 Å². The number of carbonyl (C=O) groups excluding carboxylic acids is 1. The fourth-order valence-corrected chi connectivity index (χ4v) is 11.2. The molecule has 6 rings (SSSR count). The molecule has 8 atom stereocenters. The number of aromatic nitrogens is 8. The summed E-state index contributed by atoms with van der Waals surface area (Å²) in [6, 6.07) is 0. The minimum absolute atomic E-state index is 0.0297. The van der Waals surface area contributed by atoms with Gasteiger partial charge in [-0.25, -0.2) is 14.5 Å². The number of aliphatic hydroxyl groups is 1. The smallest absolute Gasteiger partial charge is 0.390 e. The highest BCUT2D eigenvalue weighted by Gasteiger charge is 2.43. The van der Waals surface area contributed by atoms with E-state index in [4.69, 9.17) is 75.3 Å². The lowest BCUT2D eigenvalue weighted by Crippen LogP contribution is -2.30. The Balaban J connectivity index is 0.907. The molecule has 0 saturated carbocycles. The van der Waals surface area contributed by atoms with Crippen LogP contribution in [0.25, 0.3) is 22.3 Å². The van der Waals surface area contributed by atoms with Crippen molar-refractivity contribution in [1.29, 1.82) is 0 Å². The van der Waals surface area contributed by atoms with E-state index in [1.807, 2.05) is 0 Å². The molecule has 1 amide bonds. The number of phosphoric ester groups is 1. The third-order valence-corrected chi connectivity index (χ3v) is 15.3. The molecule has 0 aromatic carbocycles. The van der Waals surface area contributed by atoms with Crippen LogP contribution in [0.5, 0.6) is 0 Å². The number of carbonyl (C=O) groups is 1. The molecule has 2 aliphatic rings. The van der Waals surface area contributed by atoms with Crippen LogP contribution in [-0.4, -0.2) is 111 Å². The average molecular weight is 1060 g/mol. The third kappa shape index (κ3) is 17.1. The van der Waals surface area contributed by atoms with Gasteiger partial charge < -0.3 is 60.2 Å². The zero-order valence-electron chi connectivity index (χ0n) is 39.2. The van der Waals surface area contributed by atoms with Crippen LogP contribution < -0.4 is 16.8 Å². The number of phosphoric acid groups is 1. The number of anilines is 2. The topological polar surface area (TPSA) is 307 Å². The second-order valence-corrected chi connectivity index (χ2v) is 22.7. The van der Waals surface area contributed by atoms with Crippen molar-refractivity contribution in [2.45, 2.75) is 172 Å². The first-order valence-electron chi connectivity index (χ1n) is 24.1. The van der Waals surface area contributed by atoms with Crippen LogP contribution in [0.3, 0.4) is 0 Å². The van der Waals surface area contributed by atoms with Crippen LogP contribution in [0.4, 0.5) is 11.9 Å². The summed E-state index contributed by atoms with van der Waals surface area (Å²) in [5.74, 6) is 0.205. The van der Waals surface area contributed by atoms with E-state index >= 15 is 0 Å². The fraction of sp³-hybridized carbons (Fsp3) is 0.738. The van der Waals surface area contributed by atoms with Gasteiger partial charge in [-0.3, -0.25) is 23.0 Å². The Morgan fingerprint density at radius 2 is 1.28 bits per heavy atom. The van der Waals surface area contributed by atoms with Crippen molar-refractivity contribution in [3.8, 4) is 0 Å². The van der Waals surface area contributed by atoms with Crippen molar-refractivity contribution in [3.05, 3.63) is 21.9 Å². The molecule has 69 heavy (non-hydrogen) atoms. The first-order chi connectivity index (χ1) is 33.1. The Kier molecular flexibility index (Phi) is 21.9. The highest BCUT2D eigenvalue weighted by molar-refractivity contribution is 8.07. The van der Waals surface area contributed by atoms with Crippen LogP contribution in [0.15, 0.2) is 12.7 Å². The van der Waals surface area contributed by atoms with E-state index in [0.29, 0.717) is 52.8 Å². The molecule has 22 nitrogen and oxygen atoms in total. The molecule has 0 radical (unpaired) electrons. The monoisotopic (exact) mass is 1060 g/mol. The van der Waals surface area contributed by atoms with Crippen LogP contribution >= 0.6 is 39.0 Å². The second-order valence-electron chi connectivity index (χ2n) is 17.6. The normalized spacial score (nSPS) is 22.4. The summed E-state index contributed by atoms with van der Waals surface area (Å²) < 4.78 is 51.4. The molecule has 0 bridgehead atoms. The van der Waals surface area contributed by atoms with Crippen LogP contribution in [0.2, 0.25) is 0 Å². The summed E-state index contributed by atoms with van der Waals surface area (Å²) in [6.45, 7) is -2.18. The van der Waals surface area contributed by atoms with E-state index in [1.54, 1.807) is 9.13 Å². The van der Waals surface area contributed by atoms with E-state index in [1.165, 1.54) is 83.3 Å². The molecular formula is C42H69N11O11P2S3. The lowest BCUT2D eigenvalue weighted by molar-refractivity contribution is -0.121. The number of aliphatic hydroxyl groups excluding tert-OH is 1. The van der Waals surface area contributed by atoms with Crippen molar-refractivity contribution in [2.75, 3.05) is 37.8 Å². The molecule has 4 aromatic rings. The lowest BCUT2D eigenvalue weighted by atomic mass is 10.0. The van der Waals surface area contributed by atoms with Gasteiger partial charge >= 0.3 is 14.5 Å². The van der Waals surface area contributed by atoms with Crippen molar-refractivity contribution in [1.82, 2.24) is 44.4 Å². The van der Waals surface area contributed by atoms with Crippen molar-refractivity contribution in [2.24, 2.45) is 0 Å². The van der Waals surface area contributed by atoms with Gasteiger partial charge in [-0.05, 0) is 31.1 Å². The molecule has 0 aliphatic carbocycles. The number of hydrogen-bond acceptors (Lipinski definition) is 18. The van der Waals surface area contributed by atoms with Gasteiger partial charge in [0.2, 0.25) is 17.8 Å². The fourth-order valence-electron chi connectivity index (χ4n) is 8.43. The lowest BCUT2D eigenvalue weighted by Gasteiger charge is -2.25. The van der Waals surface area contributed by atoms with Crippen LogP contribution in [-0.2, 0) is 48.7 Å². The molecule has 0 spiro atoms. The number of amides is 1. The first-order valence-corrected chi connectivity index (χ1v) is 29.0. The highest BCUT2D eigenvalue weighted by Crippen LogP contribution is 2.51. The zero-order chi connectivity index (χ0) is 49.4. The zero-order valence-corrected chi connectivity index (χ0v) is 43.4. The van der Waals surface area contributed by atoms with Gasteiger partial charge in [-0.2, -0.15) is 9.97 Å². The highest BCUT2D eigenvalue weighted by atomic mass is 32.5. The minimum Gasteiger partial charge on any atom is -0.390 e. The van der Waals surface area contributed by atoms with Gasteiger partial charge in [-0.1, -0.05) is 121 Å². The molecule has 27 heteroatoms. The summed E-state index contributed by atoms with van der Waals surface area (Å²) in [5.41, 5.74) is 13.2. The Bertz CT molecular complexity index is 2480. The number of aromatic amines is 2. The molecule has 10 N–H and O–H groups in total. The summed E-state index contributed by atoms with van der Waals surface area (Å²) in [7, 11) is -4.58.